The quantitative estimate of drug-likeness (QED) is 0.494. The Morgan fingerprint density at radius 3 is 2.33 bits per heavy atom. The molecule has 4 heteroatoms. The van der Waals surface area contributed by atoms with Gasteiger partial charge in [-0.1, -0.05) is 0 Å². The van der Waals surface area contributed by atoms with E-state index < -0.39 is 11.6 Å². The van der Waals surface area contributed by atoms with Crippen LogP contribution in [0.3, 0.4) is 0 Å². The molecule has 0 aliphatic carbocycles. The highest BCUT2D eigenvalue weighted by atomic mass is 16.4. The van der Waals surface area contributed by atoms with Crippen molar-refractivity contribution < 1.29 is 9.90 Å². The van der Waals surface area contributed by atoms with Crippen molar-refractivity contribution in [2.24, 2.45) is 5.73 Å². The molecule has 0 aliphatic heterocycles. The molecule has 0 radical (unpaired) electrons. The highest BCUT2D eigenvalue weighted by molar-refractivity contribution is 5.64. The number of nitrogens with two attached hydrogens (primary N) is 1. The summed E-state index contributed by atoms with van der Waals surface area (Å²) in [5.74, 6) is 0. The van der Waals surface area contributed by atoms with Gasteiger partial charge in [0, 0.05) is 12.1 Å². The lowest BCUT2D eigenvalue weighted by atomic mass is 10.1. The minimum Gasteiger partial charge on any atom is -0.465 e. The Bertz CT molecular complexity index is 106. The van der Waals surface area contributed by atoms with Gasteiger partial charge in [-0.05, 0) is 13.8 Å². The van der Waals surface area contributed by atoms with Crippen LogP contribution in [0, 0.1) is 0 Å². The van der Waals surface area contributed by atoms with Gasteiger partial charge in [-0.15, -0.1) is 0 Å². The van der Waals surface area contributed by atoms with Crippen molar-refractivity contribution in [1.29, 1.82) is 0 Å². The summed E-state index contributed by atoms with van der Waals surface area (Å²) in [4.78, 5) is 9.88. The first-order valence-electron chi connectivity index (χ1n) is 2.67. The Kier molecular flexibility index (Phi) is 2.45. The molecular formula is C5H12N2O2. The SMILES string of the molecule is CC(C)(N)CNC(=O)O. The highest BCUT2D eigenvalue weighted by Gasteiger charge is 2.10. The van der Waals surface area contributed by atoms with Gasteiger partial charge in [-0.3, -0.25) is 0 Å². The normalized spacial score (nSPS) is 11.0. The van der Waals surface area contributed by atoms with E-state index in [9.17, 15) is 4.79 Å². The van der Waals surface area contributed by atoms with Crippen LogP contribution in [-0.2, 0) is 0 Å². The first-order chi connectivity index (χ1) is 3.92. The first-order valence-corrected chi connectivity index (χ1v) is 2.67. The lowest BCUT2D eigenvalue weighted by Crippen LogP contribution is -2.44. The summed E-state index contributed by atoms with van der Waals surface area (Å²) in [6.07, 6.45) is -1.03. The molecule has 0 atom stereocenters. The molecule has 0 saturated heterocycles. The average molecular weight is 132 g/mol. The van der Waals surface area contributed by atoms with E-state index in [-0.39, 0.29) is 6.54 Å². The number of carboxylic acid groups (broad SMARTS) is 1. The van der Waals surface area contributed by atoms with Crippen molar-refractivity contribution >= 4 is 6.09 Å². The molecule has 4 nitrogen and oxygen atoms in total. The largest absolute Gasteiger partial charge is 0.465 e. The third-order valence-corrected chi connectivity index (χ3v) is 0.695. The Morgan fingerprint density at radius 2 is 2.22 bits per heavy atom. The molecule has 0 unspecified atom stereocenters. The number of hydrogen-bond donors (Lipinski definition) is 3. The summed E-state index contributed by atoms with van der Waals surface area (Å²) in [5.41, 5.74) is 5.00. The van der Waals surface area contributed by atoms with Crippen LogP contribution in [0.5, 0.6) is 0 Å². The summed E-state index contributed by atoms with van der Waals surface area (Å²) in [5, 5.41) is 10.3. The summed E-state index contributed by atoms with van der Waals surface area (Å²) in [6, 6.07) is 0. The fourth-order valence-electron chi connectivity index (χ4n) is 0.303. The second kappa shape index (κ2) is 2.68. The zero-order valence-electron chi connectivity index (χ0n) is 5.64. The second-order valence-electron chi connectivity index (χ2n) is 2.65. The smallest absolute Gasteiger partial charge is 0.404 e. The second-order valence-corrected chi connectivity index (χ2v) is 2.65. The number of rotatable bonds is 2. The van der Waals surface area contributed by atoms with Crippen LogP contribution in [0.2, 0.25) is 0 Å². The Hall–Kier alpha value is -0.770. The average Bonchev–Trinajstić information content (AvgIpc) is 1.59. The molecule has 0 aromatic heterocycles. The van der Waals surface area contributed by atoms with Crippen LogP contribution in [-0.4, -0.2) is 23.3 Å². The van der Waals surface area contributed by atoms with Gasteiger partial charge >= 0.3 is 6.09 Å². The fraction of sp³-hybridized carbons (Fsp3) is 0.800. The molecular weight excluding hydrogens is 120 g/mol. The third kappa shape index (κ3) is 7.23. The monoisotopic (exact) mass is 132 g/mol. The van der Waals surface area contributed by atoms with E-state index in [4.69, 9.17) is 10.8 Å². The molecule has 4 N–H and O–H groups in total. The molecule has 0 spiro atoms. The van der Waals surface area contributed by atoms with Gasteiger partial charge < -0.3 is 16.2 Å². The lowest BCUT2D eigenvalue weighted by Gasteiger charge is -2.16. The molecule has 0 aliphatic rings. The van der Waals surface area contributed by atoms with Crippen LogP contribution in [0.25, 0.3) is 0 Å². The van der Waals surface area contributed by atoms with Gasteiger partial charge in [0.2, 0.25) is 0 Å². The predicted molar refractivity (Wildman–Crippen MR) is 34.3 cm³/mol. The van der Waals surface area contributed by atoms with Gasteiger partial charge in [0.1, 0.15) is 0 Å². The molecule has 54 valence electrons. The van der Waals surface area contributed by atoms with E-state index >= 15 is 0 Å². The van der Waals surface area contributed by atoms with Crippen molar-refractivity contribution in [1.82, 2.24) is 5.32 Å². The molecule has 9 heavy (non-hydrogen) atoms. The minimum atomic E-state index is -1.03. The van der Waals surface area contributed by atoms with Crippen molar-refractivity contribution in [3.05, 3.63) is 0 Å². The van der Waals surface area contributed by atoms with Gasteiger partial charge in [-0.25, -0.2) is 4.79 Å². The molecule has 0 fully saturated rings. The van der Waals surface area contributed by atoms with Crippen LogP contribution in [0.4, 0.5) is 4.79 Å². The van der Waals surface area contributed by atoms with Gasteiger partial charge in [-0.2, -0.15) is 0 Å². The van der Waals surface area contributed by atoms with Crippen molar-refractivity contribution in [3.8, 4) is 0 Å². The number of carbonyl (C=O) groups is 1. The molecule has 0 rings (SSSR count). The van der Waals surface area contributed by atoms with E-state index in [1.165, 1.54) is 0 Å². The van der Waals surface area contributed by atoms with Crippen LogP contribution < -0.4 is 11.1 Å². The zero-order valence-corrected chi connectivity index (χ0v) is 5.64. The van der Waals surface area contributed by atoms with Crippen molar-refractivity contribution in [3.63, 3.8) is 0 Å². The van der Waals surface area contributed by atoms with Crippen molar-refractivity contribution in [2.45, 2.75) is 19.4 Å². The van der Waals surface area contributed by atoms with Crippen LogP contribution in [0.15, 0.2) is 0 Å². The van der Waals surface area contributed by atoms with Crippen LogP contribution >= 0.6 is 0 Å². The molecule has 0 aromatic carbocycles. The van der Waals surface area contributed by atoms with E-state index in [0.29, 0.717) is 0 Å². The standard InChI is InChI=1S/C5H12N2O2/c1-5(2,6)3-7-4(8)9/h7H,3,6H2,1-2H3,(H,8,9). The van der Waals surface area contributed by atoms with Crippen LogP contribution in [0.1, 0.15) is 13.8 Å². The summed E-state index contributed by atoms with van der Waals surface area (Å²) >= 11 is 0. The van der Waals surface area contributed by atoms with Gasteiger partial charge in [0.15, 0.2) is 0 Å². The van der Waals surface area contributed by atoms with E-state index in [2.05, 4.69) is 5.32 Å². The third-order valence-electron chi connectivity index (χ3n) is 0.695. The highest BCUT2D eigenvalue weighted by Crippen LogP contribution is 1.91. The molecule has 1 amide bonds. The first kappa shape index (κ1) is 8.23. The van der Waals surface area contributed by atoms with Gasteiger partial charge in [0.25, 0.3) is 0 Å². The molecule has 0 aromatic rings. The summed E-state index contributed by atoms with van der Waals surface area (Å²) in [7, 11) is 0. The molecule has 0 heterocycles. The topological polar surface area (TPSA) is 75.3 Å². The minimum absolute atomic E-state index is 0.280. The maximum atomic E-state index is 9.88. The van der Waals surface area contributed by atoms with E-state index in [1.807, 2.05) is 0 Å². The maximum Gasteiger partial charge on any atom is 0.404 e. The molecule has 0 bridgehead atoms. The Labute approximate surface area is 54.0 Å². The molecule has 0 saturated carbocycles. The summed E-state index contributed by atoms with van der Waals surface area (Å²) < 4.78 is 0. The number of amides is 1. The maximum absolute atomic E-state index is 9.88. The van der Waals surface area contributed by atoms with E-state index in [1.54, 1.807) is 13.8 Å². The van der Waals surface area contributed by atoms with E-state index in [0.717, 1.165) is 0 Å². The zero-order chi connectivity index (χ0) is 7.49. The van der Waals surface area contributed by atoms with Gasteiger partial charge in [0.05, 0.1) is 0 Å². The lowest BCUT2D eigenvalue weighted by molar-refractivity contribution is 0.192. The Balaban J connectivity index is 3.39. The Morgan fingerprint density at radius 1 is 1.78 bits per heavy atom. The number of hydrogen-bond acceptors (Lipinski definition) is 2. The summed E-state index contributed by atoms with van der Waals surface area (Å²) in [6.45, 7) is 3.79. The number of nitrogens with one attached hydrogen (secondary N) is 1. The fourth-order valence-corrected chi connectivity index (χ4v) is 0.303. The predicted octanol–water partition coefficient (Wildman–Crippen LogP) is -0.00870. The van der Waals surface area contributed by atoms with Crippen molar-refractivity contribution in [2.75, 3.05) is 6.54 Å².